The first-order chi connectivity index (χ1) is 39.8. The molecular formula is C62H69BCl2F5N6O9. The van der Waals surface area contributed by atoms with Gasteiger partial charge in [-0.25, -0.2) is 27.9 Å². The Morgan fingerprint density at radius 3 is 1.49 bits per heavy atom. The molecule has 2 aromatic heterocycles. The summed E-state index contributed by atoms with van der Waals surface area (Å²) in [5, 5.41) is 21.9. The van der Waals surface area contributed by atoms with E-state index in [1.807, 2.05) is 52.0 Å². The van der Waals surface area contributed by atoms with Crippen LogP contribution in [0.3, 0.4) is 0 Å². The van der Waals surface area contributed by atoms with E-state index < -0.39 is 46.4 Å². The molecule has 2 aliphatic rings. The predicted molar refractivity (Wildman–Crippen MR) is 315 cm³/mol. The van der Waals surface area contributed by atoms with Gasteiger partial charge >= 0.3 is 5.97 Å². The van der Waals surface area contributed by atoms with Crippen LogP contribution in [0.2, 0.25) is 10.0 Å². The monoisotopic (exact) mass is 1220 g/mol. The Morgan fingerprint density at radius 1 is 0.647 bits per heavy atom. The normalized spacial score (nSPS) is 14.5. The number of nitrogens with zero attached hydrogens (tertiary/aromatic N) is 4. The maximum Gasteiger partial charge on any atom is 0.343 e. The van der Waals surface area contributed by atoms with Crippen molar-refractivity contribution in [2.75, 3.05) is 26.4 Å². The van der Waals surface area contributed by atoms with Gasteiger partial charge in [0.15, 0.2) is 0 Å². The number of halogens is 7. The number of nitrogens with one attached hydrogen (secondary N) is 1. The van der Waals surface area contributed by atoms with E-state index in [4.69, 9.17) is 63.0 Å². The van der Waals surface area contributed by atoms with Crippen LogP contribution in [0.25, 0.3) is 22.5 Å². The summed E-state index contributed by atoms with van der Waals surface area (Å²) in [5.74, 6) is -11.9. The first-order valence-electron chi connectivity index (χ1n) is 27.3. The summed E-state index contributed by atoms with van der Waals surface area (Å²) in [6.45, 7) is 18.6. The Labute approximate surface area is 503 Å². The molecule has 5 aromatic carbocycles. The van der Waals surface area contributed by atoms with Crippen LogP contribution in [0, 0.1) is 29.1 Å². The van der Waals surface area contributed by atoms with Crippen molar-refractivity contribution in [3.05, 3.63) is 170 Å². The Balaban J connectivity index is 0.000000210. The first kappa shape index (κ1) is 67.3. The van der Waals surface area contributed by atoms with Crippen LogP contribution >= 0.6 is 23.2 Å². The van der Waals surface area contributed by atoms with E-state index in [0.29, 0.717) is 42.2 Å². The molecule has 0 spiro atoms. The van der Waals surface area contributed by atoms with Gasteiger partial charge in [0.1, 0.15) is 34.3 Å². The quantitative estimate of drug-likeness (QED) is 0.0159. The van der Waals surface area contributed by atoms with Gasteiger partial charge in [-0.05, 0) is 129 Å². The summed E-state index contributed by atoms with van der Waals surface area (Å²) in [6, 6.07) is 24.9. The van der Waals surface area contributed by atoms with Crippen LogP contribution in [0.1, 0.15) is 112 Å². The summed E-state index contributed by atoms with van der Waals surface area (Å²) in [6.07, 6.45) is 6.41. The highest BCUT2D eigenvalue weighted by Crippen LogP contribution is 2.35. The third kappa shape index (κ3) is 17.2. The number of benzene rings is 5. The topological polar surface area (TPSA) is 194 Å². The summed E-state index contributed by atoms with van der Waals surface area (Å²) < 4.78 is 97.5. The average molecular weight is 1220 g/mol. The molecule has 3 radical (unpaired) electrons. The third-order valence-electron chi connectivity index (χ3n) is 13.5. The number of ether oxygens (including phenoxy) is 5. The number of nitrogens with two attached hydrogens (primary N) is 1. The number of rotatable bonds is 18. The van der Waals surface area contributed by atoms with E-state index in [1.165, 1.54) is 11.6 Å². The number of carbonyl (C=O) groups is 2. The zero-order chi connectivity index (χ0) is 61.2. The molecule has 2 atom stereocenters. The van der Waals surface area contributed by atoms with Gasteiger partial charge in [-0.15, -0.1) is 0 Å². The number of hydrogen-bond acceptors (Lipinski definition) is 12. The number of esters is 1. The van der Waals surface area contributed by atoms with Gasteiger partial charge in [0.2, 0.25) is 34.8 Å². The first-order valence-corrected chi connectivity index (χ1v) is 28.1. The highest BCUT2D eigenvalue weighted by atomic mass is 35.5. The molecule has 0 bridgehead atoms. The standard InChI is InChI=1S/C28H34ClN3O4.C18H25N3O2.C16H10ClF5O3.B/c1-18(2)36-25-10-9-21(16-23(25)29)26(34)30-22(11-13-33)15-19-5-7-20(8-6-19)24-17-32-12-14-35-28(3,4)27(32)31-24;1-18(2)17-20-16(12-21(17)8-10-23-18)14-5-3-13(4-6-14)11-15(19)7-9-22;1-6(2)24-9-4-3-7(5-8(9)17)16(23)25-15-13(21)11(19)10(18)12(20)14(15)22;/h5-10,16-18,22,33H,11-15H2,1-4H3,(H,30,34);3-6,12,15,22H,7-11,19H2,1-2H3;3-6H,1-2H3;. The second kappa shape index (κ2) is 29.5. The van der Waals surface area contributed by atoms with Crippen molar-refractivity contribution in [2.24, 2.45) is 5.73 Å². The van der Waals surface area contributed by atoms with Crippen LogP contribution in [0.5, 0.6) is 17.2 Å². The van der Waals surface area contributed by atoms with Crippen LogP contribution in [-0.4, -0.2) is 100 Å². The number of aliphatic hydroxyl groups is 2. The summed E-state index contributed by atoms with van der Waals surface area (Å²) in [4.78, 5) is 34.4. The third-order valence-corrected chi connectivity index (χ3v) is 14.1. The smallest absolute Gasteiger partial charge is 0.343 e. The van der Waals surface area contributed by atoms with Crippen molar-refractivity contribution >= 4 is 43.5 Å². The van der Waals surface area contributed by atoms with Crippen molar-refractivity contribution < 1.29 is 65.4 Å². The van der Waals surface area contributed by atoms with Gasteiger partial charge < -0.3 is 54.1 Å². The molecule has 5 N–H and O–H groups in total. The fourth-order valence-corrected chi connectivity index (χ4v) is 9.71. The second-order valence-corrected chi connectivity index (χ2v) is 22.5. The summed E-state index contributed by atoms with van der Waals surface area (Å²) in [7, 11) is 0. The lowest BCUT2D eigenvalue weighted by Crippen LogP contribution is -2.37. The lowest BCUT2D eigenvalue weighted by Gasteiger charge is -2.30. The van der Waals surface area contributed by atoms with Crippen molar-refractivity contribution in [3.8, 4) is 39.8 Å². The summed E-state index contributed by atoms with van der Waals surface area (Å²) >= 11 is 12.2. The molecule has 1 amide bonds. The van der Waals surface area contributed by atoms with Crippen LogP contribution in [-0.2, 0) is 46.6 Å². The van der Waals surface area contributed by atoms with E-state index >= 15 is 0 Å². The van der Waals surface area contributed by atoms with Gasteiger partial charge in [-0.3, -0.25) is 4.79 Å². The van der Waals surface area contributed by atoms with Crippen molar-refractivity contribution in [3.63, 3.8) is 0 Å². The Kier molecular flexibility index (Phi) is 23.4. The van der Waals surface area contributed by atoms with E-state index in [1.54, 1.807) is 32.0 Å². The van der Waals surface area contributed by atoms with Gasteiger partial charge in [0.25, 0.3) is 5.91 Å². The van der Waals surface area contributed by atoms with Crippen molar-refractivity contribution in [2.45, 2.75) is 130 Å². The molecule has 2 unspecified atom stereocenters. The minimum absolute atomic E-state index is 0. The summed E-state index contributed by atoms with van der Waals surface area (Å²) in [5.41, 5.74) is 11.7. The molecule has 0 fully saturated rings. The molecule has 0 saturated heterocycles. The minimum Gasteiger partial charge on any atom is -0.489 e. The Morgan fingerprint density at radius 2 is 1.07 bits per heavy atom. The number of carbonyl (C=O) groups excluding carboxylic acids is 2. The lowest BCUT2D eigenvalue weighted by molar-refractivity contribution is -0.0541. The van der Waals surface area contributed by atoms with Crippen LogP contribution in [0.15, 0.2) is 97.3 Å². The molecule has 7 aromatic rings. The number of amides is 1. The van der Waals surface area contributed by atoms with Crippen molar-refractivity contribution in [1.82, 2.24) is 24.4 Å². The number of aromatic nitrogens is 4. The van der Waals surface area contributed by atoms with E-state index in [-0.39, 0.29) is 73.8 Å². The van der Waals surface area contributed by atoms with Crippen LogP contribution in [0.4, 0.5) is 22.0 Å². The molecule has 85 heavy (non-hydrogen) atoms. The van der Waals surface area contributed by atoms with E-state index in [9.17, 15) is 36.6 Å². The highest BCUT2D eigenvalue weighted by Gasteiger charge is 2.33. The van der Waals surface area contributed by atoms with E-state index in [0.717, 1.165) is 78.0 Å². The SMILES string of the molecule is CC(C)Oc1ccc(C(=O)NC(CCO)Cc2ccc(-c3cn4c(n3)C(C)(C)OCC4)cc2)cc1Cl.CC(C)Oc1ccc(C(=O)Oc2c(F)c(F)c(F)c(F)c2F)cc1Cl.CC1(C)OCCn2cc(-c3ccc(CC(N)CCO)cc3)nc21.[B]. The molecule has 4 heterocycles. The molecule has 0 aliphatic carbocycles. The fourth-order valence-electron chi connectivity index (χ4n) is 9.26. The number of aliphatic hydroxyl groups excluding tert-OH is 2. The molecular weight excluding hydrogens is 1150 g/mol. The second-order valence-electron chi connectivity index (χ2n) is 21.7. The van der Waals surface area contributed by atoms with Gasteiger partial charge in [-0.1, -0.05) is 71.7 Å². The lowest BCUT2D eigenvalue weighted by atomic mass is 10.0. The fraction of sp³-hybridized carbons (Fsp3) is 0.387. The molecule has 2 aliphatic heterocycles. The Bertz CT molecular complexity index is 3390. The molecule has 9 rings (SSSR count). The molecule has 0 saturated carbocycles. The Hall–Kier alpha value is -6.85. The molecule has 453 valence electrons. The predicted octanol–water partition coefficient (Wildman–Crippen LogP) is 11.7. The number of fused-ring (bicyclic) bond motifs is 2. The zero-order valence-corrected chi connectivity index (χ0v) is 50.0. The zero-order valence-electron chi connectivity index (χ0n) is 48.5. The molecule has 23 heteroatoms. The largest absolute Gasteiger partial charge is 0.489 e. The van der Waals surface area contributed by atoms with Crippen molar-refractivity contribution in [1.29, 1.82) is 0 Å². The number of hydrogen-bond donors (Lipinski definition) is 4. The van der Waals surface area contributed by atoms with Crippen LogP contribution < -0.4 is 25.3 Å². The number of imidazole rings is 2. The maximum atomic E-state index is 13.5. The van der Waals surface area contributed by atoms with Gasteiger partial charge in [-0.2, -0.15) is 8.78 Å². The van der Waals surface area contributed by atoms with Gasteiger partial charge in [0, 0.05) is 75.9 Å². The molecule has 15 nitrogen and oxygen atoms in total. The van der Waals surface area contributed by atoms with E-state index in [2.05, 4.69) is 69.7 Å². The average Bonchev–Trinajstić information content (AvgIpc) is 2.49. The highest BCUT2D eigenvalue weighted by molar-refractivity contribution is 6.32. The van der Waals surface area contributed by atoms with Gasteiger partial charge in [0.05, 0.1) is 52.4 Å². The maximum absolute atomic E-state index is 13.5. The minimum atomic E-state index is -2.35.